The fraction of sp³-hybridized carbons (Fsp3) is 0.450. The van der Waals surface area contributed by atoms with E-state index < -0.39 is 5.97 Å². The van der Waals surface area contributed by atoms with Crippen molar-refractivity contribution in [2.45, 2.75) is 41.8 Å². The van der Waals surface area contributed by atoms with Crippen molar-refractivity contribution in [1.29, 1.82) is 0 Å². The number of hydrogen-bond donors (Lipinski definition) is 3. The summed E-state index contributed by atoms with van der Waals surface area (Å²) in [5.74, 6) is -0.705. The van der Waals surface area contributed by atoms with Gasteiger partial charge in [-0.25, -0.2) is 4.79 Å². The van der Waals surface area contributed by atoms with Gasteiger partial charge >= 0.3 is 23.0 Å². The summed E-state index contributed by atoms with van der Waals surface area (Å²) in [6, 6.07) is 8.98. The Hall–Kier alpha value is -0.381. The van der Waals surface area contributed by atoms with Crippen molar-refractivity contribution in [2.24, 2.45) is 5.92 Å². The summed E-state index contributed by atoms with van der Waals surface area (Å²) in [6.45, 7) is 0.974. The molecule has 0 bridgehead atoms. The molecule has 2 aromatic carbocycles. The Bertz CT molecular complexity index is 819. The van der Waals surface area contributed by atoms with Gasteiger partial charge in [0.1, 0.15) is 11.3 Å². The molecule has 4 atom stereocenters. The van der Waals surface area contributed by atoms with E-state index in [1.54, 1.807) is 6.07 Å². The molecule has 1 aliphatic heterocycles. The Kier molecular flexibility index (Phi) is 9.04. The van der Waals surface area contributed by atoms with E-state index in [1.165, 1.54) is 25.3 Å². The molecule has 2 aliphatic rings. The van der Waals surface area contributed by atoms with Gasteiger partial charge in [-0.3, -0.25) is 0 Å². The number of benzene rings is 2. The van der Waals surface area contributed by atoms with Crippen molar-refractivity contribution in [3.05, 3.63) is 45.7 Å². The van der Waals surface area contributed by atoms with Crippen molar-refractivity contribution in [2.75, 3.05) is 6.54 Å². The van der Waals surface area contributed by atoms with Crippen molar-refractivity contribution in [1.82, 2.24) is 0 Å². The minimum atomic E-state index is -1.14. The van der Waals surface area contributed by atoms with Gasteiger partial charge in [-0.1, -0.05) is 59.7 Å². The second-order valence-electron chi connectivity index (χ2n) is 6.98. The first kappa shape index (κ1) is 23.9. The van der Waals surface area contributed by atoms with E-state index in [1.807, 2.05) is 18.2 Å². The van der Waals surface area contributed by atoms with Crippen LogP contribution in [0.2, 0.25) is 0 Å². The number of rotatable bonds is 1. The average Bonchev–Trinajstić information content (AvgIpc) is 2.68. The predicted octanol–water partition coefficient (Wildman–Crippen LogP) is 5.10. The number of phenols is 1. The van der Waals surface area contributed by atoms with Crippen molar-refractivity contribution in [3.8, 4) is 5.75 Å². The van der Waals surface area contributed by atoms with Crippen LogP contribution in [0.3, 0.4) is 0 Å². The number of nitrogens with zero attached hydrogens (tertiary/aromatic N) is 1. The summed E-state index contributed by atoms with van der Waals surface area (Å²) in [4.78, 5) is 10.8. The molecule has 3 N–H and O–H groups in total. The van der Waals surface area contributed by atoms with E-state index in [0.29, 0.717) is 10.4 Å². The fourth-order valence-corrected chi connectivity index (χ4v) is 5.56. The maximum Gasteiger partial charge on any atom is 1.00 e. The number of piperidine rings is 1. The van der Waals surface area contributed by atoms with Gasteiger partial charge in [-0.2, -0.15) is 0 Å². The number of hydrogen-bond acceptors (Lipinski definition) is 3. The van der Waals surface area contributed by atoms with E-state index in [0.717, 1.165) is 27.7 Å². The molecule has 156 valence electrons. The monoisotopic (exact) mass is 609 g/mol. The molecule has 1 aliphatic carbocycles. The number of aromatic carboxylic acids is 1. The summed E-state index contributed by atoms with van der Waals surface area (Å²) in [7, 11) is 0. The average molecular weight is 611 g/mol. The van der Waals surface area contributed by atoms with Gasteiger partial charge in [-0.15, -0.1) is 12.6 Å². The molecule has 2 aromatic rings. The molecular formula is C20H22BrCuINO4. The molecule has 0 spiro atoms. The smallest absolute Gasteiger partial charge is 0.657 e. The molecular weight excluding hydrogens is 589 g/mol. The number of aliphatic hydroxyl groups excluding tert-OH is 1. The second-order valence-corrected chi connectivity index (χ2v) is 9.37. The molecule has 1 saturated carbocycles. The number of aromatic hydroxyl groups is 1. The Morgan fingerprint density at radius 2 is 1.93 bits per heavy atom. The molecule has 0 aromatic heterocycles. The Balaban J connectivity index is 0.000000198. The topological polar surface area (TPSA) is 91.9 Å². The molecule has 2 fully saturated rings. The van der Waals surface area contributed by atoms with Crippen molar-refractivity contribution >= 4 is 55.3 Å². The van der Waals surface area contributed by atoms with E-state index in [-0.39, 0.29) is 40.5 Å². The largest absolute Gasteiger partial charge is 1.00 e. The molecule has 4 unspecified atom stereocenters. The van der Waals surface area contributed by atoms with Crippen LogP contribution in [0, 0.1) is 5.92 Å². The normalized spacial score (nSPS) is 26.4. The Morgan fingerprint density at radius 3 is 2.61 bits per heavy atom. The number of aliphatic hydroxyl groups is 1. The van der Waals surface area contributed by atoms with Gasteiger partial charge in [0.2, 0.25) is 0 Å². The number of fused-ring (bicyclic) bond motifs is 2. The SMILES string of the molecule is O=C(O)c1cc2ccccc2c(Br)c1O.OC1CCC(I)C2CCC[N-]C12.[Cu+]. The Morgan fingerprint density at radius 1 is 1.21 bits per heavy atom. The molecule has 28 heavy (non-hydrogen) atoms. The maximum absolute atomic E-state index is 10.8. The van der Waals surface area contributed by atoms with Crippen LogP contribution < -0.4 is 0 Å². The molecule has 1 heterocycles. The maximum atomic E-state index is 10.8. The standard InChI is InChI=1S/C11H7BrO3.C9H15INO.Cu/c12-9-7-4-2-1-3-6(7)5-8(10(9)13)11(14)15;10-7-3-4-8(12)9-6(7)2-1-5-11-9;/h1-5,13H,(H,14,15);6-9,12H,1-5H2;/q;-1;+1. The van der Waals surface area contributed by atoms with Gasteiger partial charge in [0.05, 0.1) is 4.47 Å². The molecule has 0 radical (unpaired) electrons. The first-order valence-electron chi connectivity index (χ1n) is 9.02. The van der Waals surface area contributed by atoms with Crippen molar-refractivity contribution in [3.63, 3.8) is 0 Å². The van der Waals surface area contributed by atoms with E-state index in [2.05, 4.69) is 43.8 Å². The zero-order chi connectivity index (χ0) is 19.6. The van der Waals surface area contributed by atoms with Crippen LogP contribution in [-0.4, -0.2) is 43.9 Å². The van der Waals surface area contributed by atoms with Gasteiger partial charge in [0, 0.05) is 10.0 Å². The van der Waals surface area contributed by atoms with Gasteiger partial charge in [0.15, 0.2) is 0 Å². The quantitative estimate of drug-likeness (QED) is 0.238. The van der Waals surface area contributed by atoms with Gasteiger partial charge < -0.3 is 20.6 Å². The zero-order valence-electron chi connectivity index (χ0n) is 15.0. The number of carbonyl (C=O) groups is 1. The third-order valence-corrected chi connectivity index (χ3v) is 7.61. The number of carboxylic acids is 1. The van der Waals surface area contributed by atoms with Crippen LogP contribution in [0.5, 0.6) is 5.75 Å². The van der Waals surface area contributed by atoms with Crippen LogP contribution in [0.25, 0.3) is 16.1 Å². The van der Waals surface area contributed by atoms with Gasteiger partial charge in [0.25, 0.3) is 0 Å². The number of halogens is 2. The summed E-state index contributed by atoms with van der Waals surface area (Å²) >= 11 is 5.72. The first-order valence-corrected chi connectivity index (χ1v) is 11.1. The first-order chi connectivity index (χ1) is 12.9. The summed E-state index contributed by atoms with van der Waals surface area (Å²) in [5.41, 5.74) is -0.0967. The molecule has 4 rings (SSSR count). The summed E-state index contributed by atoms with van der Waals surface area (Å²) in [6.07, 6.45) is 4.50. The predicted molar refractivity (Wildman–Crippen MR) is 118 cm³/mol. The number of carboxylic acid groups (broad SMARTS) is 1. The minimum Gasteiger partial charge on any atom is -0.657 e. The van der Waals surface area contributed by atoms with E-state index in [4.69, 9.17) is 5.11 Å². The van der Waals surface area contributed by atoms with Crippen molar-refractivity contribution < 1.29 is 37.2 Å². The van der Waals surface area contributed by atoms with Crippen LogP contribution in [0.4, 0.5) is 0 Å². The van der Waals surface area contributed by atoms with Gasteiger partial charge in [-0.05, 0) is 51.5 Å². The third-order valence-electron chi connectivity index (χ3n) is 5.26. The molecule has 8 heteroatoms. The van der Waals surface area contributed by atoms with Crippen LogP contribution >= 0.6 is 38.5 Å². The molecule has 0 amide bonds. The van der Waals surface area contributed by atoms with Crippen LogP contribution in [-0.2, 0) is 17.1 Å². The summed E-state index contributed by atoms with van der Waals surface area (Å²) in [5, 5.41) is 34.3. The van der Waals surface area contributed by atoms with E-state index >= 15 is 0 Å². The minimum absolute atomic E-state index is 0. The molecule has 5 nitrogen and oxygen atoms in total. The number of alkyl halides is 1. The second kappa shape index (κ2) is 10.6. The third kappa shape index (κ3) is 5.21. The Labute approximate surface area is 197 Å². The molecule has 1 saturated heterocycles. The van der Waals surface area contributed by atoms with E-state index in [9.17, 15) is 15.0 Å². The fourth-order valence-electron chi connectivity index (χ4n) is 3.85. The summed E-state index contributed by atoms with van der Waals surface area (Å²) < 4.78 is 1.16. The van der Waals surface area contributed by atoms with Crippen LogP contribution in [0.1, 0.15) is 36.0 Å². The zero-order valence-corrected chi connectivity index (χ0v) is 19.7. The van der Waals surface area contributed by atoms with Crippen LogP contribution in [0.15, 0.2) is 34.8 Å².